The smallest absolute Gasteiger partial charge is 0.0924 e. The van der Waals surface area contributed by atoms with Gasteiger partial charge in [-0.15, -0.1) is 0 Å². The summed E-state index contributed by atoms with van der Waals surface area (Å²) in [6.07, 6.45) is 6.20. The van der Waals surface area contributed by atoms with Crippen LogP contribution in [0.25, 0.3) is 11.3 Å². The minimum Gasteiger partial charge on any atom is -0.382 e. The summed E-state index contributed by atoms with van der Waals surface area (Å²) < 4.78 is 0. The third-order valence-corrected chi connectivity index (χ3v) is 4.68. The molecule has 3 unspecified atom stereocenters. The maximum atomic E-state index is 4.06. The number of aromatic amines is 1. The Morgan fingerprint density at radius 2 is 2.00 bits per heavy atom. The van der Waals surface area contributed by atoms with Gasteiger partial charge in [0.05, 0.1) is 18.2 Å². The van der Waals surface area contributed by atoms with Gasteiger partial charge in [-0.3, -0.25) is 0 Å². The Balaban J connectivity index is 1.46. The van der Waals surface area contributed by atoms with Crippen LogP contribution in [0.4, 0.5) is 5.69 Å². The number of nitrogens with zero attached hydrogens (tertiary/aromatic N) is 2. The van der Waals surface area contributed by atoms with Gasteiger partial charge in [0.2, 0.25) is 0 Å². The molecule has 2 bridgehead atoms. The molecule has 0 spiro atoms. The van der Waals surface area contributed by atoms with Crippen molar-refractivity contribution in [2.75, 3.05) is 25.0 Å². The molecule has 0 aliphatic carbocycles. The third kappa shape index (κ3) is 2.20. The maximum absolute atomic E-state index is 4.06. The van der Waals surface area contributed by atoms with Gasteiger partial charge in [-0.05, 0) is 43.0 Å². The second-order valence-corrected chi connectivity index (χ2v) is 5.93. The monoisotopic (exact) mass is 268 g/mol. The van der Waals surface area contributed by atoms with Crippen molar-refractivity contribution in [1.82, 2.24) is 14.9 Å². The van der Waals surface area contributed by atoms with Crippen LogP contribution in [0, 0.1) is 5.92 Å². The lowest BCUT2D eigenvalue weighted by atomic mass is 9.94. The van der Waals surface area contributed by atoms with Crippen molar-refractivity contribution in [3.8, 4) is 11.3 Å². The van der Waals surface area contributed by atoms with Crippen LogP contribution in [-0.2, 0) is 0 Å². The van der Waals surface area contributed by atoms with Gasteiger partial charge in [0.1, 0.15) is 0 Å². The highest BCUT2D eigenvalue weighted by molar-refractivity contribution is 5.62. The van der Waals surface area contributed by atoms with Gasteiger partial charge in [0.15, 0.2) is 0 Å². The van der Waals surface area contributed by atoms with Crippen molar-refractivity contribution in [2.45, 2.75) is 18.9 Å². The molecule has 4 nitrogen and oxygen atoms in total. The molecule has 2 aliphatic rings. The number of benzene rings is 1. The van der Waals surface area contributed by atoms with Crippen LogP contribution >= 0.6 is 0 Å². The molecule has 3 heterocycles. The fourth-order valence-electron chi connectivity index (χ4n) is 3.52. The Hall–Kier alpha value is -1.81. The van der Waals surface area contributed by atoms with Gasteiger partial charge >= 0.3 is 0 Å². The summed E-state index contributed by atoms with van der Waals surface area (Å²) in [5, 5.41) is 3.73. The summed E-state index contributed by atoms with van der Waals surface area (Å²) >= 11 is 0. The first kappa shape index (κ1) is 12.0. The molecular weight excluding hydrogens is 248 g/mol. The lowest BCUT2D eigenvalue weighted by Gasteiger charge is -2.31. The van der Waals surface area contributed by atoms with Crippen molar-refractivity contribution in [1.29, 1.82) is 0 Å². The summed E-state index contributed by atoms with van der Waals surface area (Å²) in [6, 6.07) is 9.31. The molecule has 1 aromatic carbocycles. The lowest BCUT2D eigenvalue weighted by Crippen LogP contribution is -2.39. The van der Waals surface area contributed by atoms with Crippen LogP contribution in [0.1, 0.15) is 12.8 Å². The van der Waals surface area contributed by atoms with Crippen molar-refractivity contribution < 1.29 is 0 Å². The Morgan fingerprint density at radius 3 is 2.80 bits per heavy atom. The van der Waals surface area contributed by atoms with E-state index in [0.29, 0.717) is 6.04 Å². The molecule has 0 radical (unpaired) electrons. The standard InChI is InChI=1S/C16H20N4/c1-3-14(4-2-12(1)16-9-17-11-18-16)19-15-6-8-20-7-5-13(15)10-20/h1-4,9,11,13,15,19H,5-8,10H2,(H,17,18). The van der Waals surface area contributed by atoms with E-state index in [1.165, 1.54) is 43.7 Å². The summed E-state index contributed by atoms with van der Waals surface area (Å²) in [5.41, 5.74) is 3.49. The van der Waals surface area contributed by atoms with Gasteiger partial charge in [-0.25, -0.2) is 4.98 Å². The lowest BCUT2D eigenvalue weighted by molar-refractivity contribution is 0.255. The minimum absolute atomic E-state index is 0.645. The number of hydrogen-bond donors (Lipinski definition) is 2. The average Bonchev–Trinajstić information content (AvgIpc) is 3.14. The minimum atomic E-state index is 0.645. The molecule has 2 saturated heterocycles. The fraction of sp³-hybridized carbons (Fsp3) is 0.438. The molecular formula is C16H20N4. The predicted octanol–water partition coefficient (Wildman–Crippen LogP) is 2.58. The molecule has 1 aromatic heterocycles. The van der Waals surface area contributed by atoms with E-state index in [9.17, 15) is 0 Å². The number of fused-ring (bicyclic) bond motifs is 2. The number of anilines is 1. The van der Waals surface area contributed by atoms with E-state index in [-0.39, 0.29) is 0 Å². The Morgan fingerprint density at radius 1 is 1.15 bits per heavy atom. The summed E-state index contributed by atoms with van der Waals surface area (Å²) in [6.45, 7) is 3.83. The van der Waals surface area contributed by atoms with Crippen LogP contribution in [0.3, 0.4) is 0 Å². The van der Waals surface area contributed by atoms with Crippen LogP contribution in [0.15, 0.2) is 36.8 Å². The number of rotatable bonds is 3. The molecule has 0 saturated carbocycles. The SMILES string of the molecule is c1ncc(-c2ccc(NC3CCN4CCC3C4)cc2)[nH]1. The van der Waals surface area contributed by atoms with Crippen LogP contribution in [0.5, 0.6) is 0 Å². The number of imidazole rings is 1. The van der Waals surface area contributed by atoms with Crippen molar-refractivity contribution in [3.63, 3.8) is 0 Å². The summed E-state index contributed by atoms with van der Waals surface area (Å²) in [7, 11) is 0. The van der Waals surface area contributed by atoms with Gasteiger partial charge in [0.25, 0.3) is 0 Å². The van der Waals surface area contributed by atoms with Gasteiger partial charge in [-0.2, -0.15) is 0 Å². The zero-order valence-corrected chi connectivity index (χ0v) is 11.5. The van der Waals surface area contributed by atoms with Crippen molar-refractivity contribution in [2.24, 2.45) is 5.92 Å². The van der Waals surface area contributed by atoms with E-state index < -0.39 is 0 Å². The molecule has 2 fully saturated rings. The number of nitrogens with one attached hydrogen (secondary N) is 2. The Labute approximate surface area is 119 Å². The van der Waals surface area contributed by atoms with Crippen LogP contribution in [-0.4, -0.2) is 40.5 Å². The third-order valence-electron chi connectivity index (χ3n) is 4.68. The van der Waals surface area contributed by atoms with E-state index in [2.05, 4.69) is 44.5 Å². The molecule has 4 rings (SSSR count). The highest BCUT2D eigenvalue weighted by Crippen LogP contribution is 2.29. The molecule has 2 aromatic rings. The van der Waals surface area contributed by atoms with Gasteiger partial charge in [-0.1, -0.05) is 12.1 Å². The van der Waals surface area contributed by atoms with E-state index in [4.69, 9.17) is 0 Å². The first-order valence-corrected chi connectivity index (χ1v) is 7.46. The topological polar surface area (TPSA) is 44.0 Å². The fourth-order valence-corrected chi connectivity index (χ4v) is 3.52. The van der Waals surface area contributed by atoms with E-state index >= 15 is 0 Å². The van der Waals surface area contributed by atoms with E-state index in [1.54, 1.807) is 6.33 Å². The van der Waals surface area contributed by atoms with Gasteiger partial charge < -0.3 is 15.2 Å². The highest BCUT2D eigenvalue weighted by Gasteiger charge is 2.33. The average molecular weight is 268 g/mol. The zero-order valence-electron chi connectivity index (χ0n) is 11.5. The molecule has 4 heteroatoms. The normalized spacial score (nSPS) is 28.5. The molecule has 3 atom stereocenters. The number of piperidine rings is 1. The highest BCUT2D eigenvalue weighted by atomic mass is 15.2. The van der Waals surface area contributed by atoms with Crippen LogP contribution in [0.2, 0.25) is 0 Å². The number of H-pyrrole nitrogens is 1. The molecule has 2 N–H and O–H groups in total. The second kappa shape index (κ2) is 4.94. The van der Waals surface area contributed by atoms with E-state index in [1.807, 2.05) is 6.20 Å². The Kier molecular flexibility index (Phi) is 2.96. The van der Waals surface area contributed by atoms with Crippen molar-refractivity contribution in [3.05, 3.63) is 36.8 Å². The zero-order chi connectivity index (χ0) is 13.4. The molecule has 0 amide bonds. The summed E-state index contributed by atoms with van der Waals surface area (Å²) in [5.74, 6) is 0.830. The molecule has 2 aliphatic heterocycles. The Bertz CT molecular complexity index is 561. The molecule has 104 valence electrons. The van der Waals surface area contributed by atoms with E-state index in [0.717, 1.165) is 11.6 Å². The predicted molar refractivity (Wildman–Crippen MR) is 80.6 cm³/mol. The number of hydrogen-bond acceptors (Lipinski definition) is 3. The quantitative estimate of drug-likeness (QED) is 0.899. The molecule has 20 heavy (non-hydrogen) atoms. The first-order chi connectivity index (χ1) is 9.88. The first-order valence-electron chi connectivity index (χ1n) is 7.46. The van der Waals surface area contributed by atoms with Gasteiger partial charge in [0, 0.05) is 24.8 Å². The number of aromatic nitrogens is 2. The van der Waals surface area contributed by atoms with Crippen LogP contribution < -0.4 is 5.32 Å². The largest absolute Gasteiger partial charge is 0.382 e. The maximum Gasteiger partial charge on any atom is 0.0924 e. The van der Waals surface area contributed by atoms with Crippen molar-refractivity contribution >= 4 is 5.69 Å². The summed E-state index contributed by atoms with van der Waals surface area (Å²) in [4.78, 5) is 9.79. The second-order valence-electron chi connectivity index (χ2n) is 5.93.